The van der Waals surface area contributed by atoms with E-state index in [1.165, 1.54) is 12.1 Å². The summed E-state index contributed by atoms with van der Waals surface area (Å²) in [7, 11) is 0. The van der Waals surface area contributed by atoms with Gasteiger partial charge in [0.2, 0.25) is 0 Å². The number of carboxylic acids is 1. The van der Waals surface area contributed by atoms with Gasteiger partial charge in [-0.25, -0.2) is 4.79 Å². The lowest BCUT2D eigenvalue weighted by Gasteiger charge is -1.98. The summed E-state index contributed by atoms with van der Waals surface area (Å²) >= 11 is 5.68. The van der Waals surface area contributed by atoms with E-state index >= 15 is 0 Å². The highest BCUT2D eigenvalue weighted by atomic mass is 35.5. The van der Waals surface area contributed by atoms with Crippen molar-refractivity contribution in [1.82, 2.24) is 0 Å². The molecule has 3 nitrogen and oxygen atoms in total. The van der Waals surface area contributed by atoms with Crippen LogP contribution in [0.2, 0.25) is 5.02 Å². The smallest absolute Gasteiger partial charge is 0.337 e. The number of carboxylic acid groups (broad SMARTS) is 1. The molecule has 0 heterocycles. The molecule has 1 aromatic rings. The SMILES string of the molecule is O=C(O)c1cc(C#CCCO)ccc1Cl. The van der Waals surface area contributed by atoms with Gasteiger partial charge in [0, 0.05) is 12.0 Å². The van der Waals surface area contributed by atoms with E-state index in [0.717, 1.165) is 0 Å². The Kier molecular flexibility index (Phi) is 4.17. The zero-order valence-corrected chi connectivity index (χ0v) is 8.58. The average Bonchev–Trinajstić information content (AvgIpc) is 2.20. The monoisotopic (exact) mass is 224 g/mol. The van der Waals surface area contributed by atoms with E-state index in [2.05, 4.69) is 11.8 Å². The summed E-state index contributed by atoms with van der Waals surface area (Å²) in [6, 6.07) is 4.54. The molecule has 0 saturated heterocycles. The van der Waals surface area contributed by atoms with Gasteiger partial charge in [-0.05, 0) is 18.2 Å². The Labute approximate surface area is 92.3 Å². The highest BCUT2D eigenvalue weighted by molar-refractivity contribution is 6.33. The lowest BCUT2D eigenvalue weighted by Crippen LogP contribution is -1.97. The quantitative estimate of drug-likeness (QED) is 0.753. The highest BCUT2D eigenvalue weighted by Crippen LogP contribution is 2.17. The standard InChI is InChI=1S/C11H9ClO3/c12-10-5-4-8(3-1-2-6-13)7-9(10)11(14)15/h4-5,7,13H,2,6H2,(H,14,15). The average molecular weight is 225 g/mol. The summed E-state index contributed by atoms with van der Waals surface area (Å²) in [5, 5.41) is 17.5. The molecule has 0 aliphatic carbocycles. The Morgan fingerprint density at radius 2 is 2.20 bits per heavy atom. The molecule has 0 aromatic heterocycles. The third-order valence-electron chi connectivity index (χ3n) is 1.67. The van der Waals surface area contributed by atoms with Crippen LogP contribution in [0.5, 0.6) is 0 Å². The number of rotatable bonds is 2. The van der Waals surface area contributed by atoms with Gasteiger partial charge in [-0.1, -0.05) is 23.4 Å². The second-order valence-corrected chi connectivity index (χ2v) is 3.18. The van der Waals surface area contributed by atoms with Crippen LogP contribution in [0.1, 0.15) is 22.3 Å². The molecule has 0 radical (unpaired) electrons. The van der Waals surface area contributed by atoms with Crippen molar-refractivity contribution in [2.45, 2.75) is 6.42 Å². The van der Waals surface area contributed by atoms with Crippen molar-refractivity contribution in [3.8, 4) is 11.8 Å². The van der Waals surface area contributed by atoms with Crippen LogP contribution in [0, 0.1) is 11.8 Å². The van der Waals surface area contributed by atoms with Crippen LogP contribution in [-0.2, 0) is 0 Å². The predicted molar refractivity (Wildman–Crippen MR) is 57.0 cm³/mol. The topological polar surface area (TPSA) is 57.5 Å². The van der Waals surface area contributed by atoms with E-state index in [-0.39, 0.29) is 17.2 Å². The summed E-state index contributed by atoms with van der Waals surface area (Å²) in [5.41, 5.74) is 0.609. The molecule has 78 valence electrons. The maximum absolute atomic E-state index is 10.7. The zero-order chi connectivity index (χ0) is 11.3. The Balaban J connectivity index is 2.99. The fourth-order valence-corrected chi connectivity index (χ4v) is 1.19. The molecule has 4 heteroatoms. The van der Waals surface area contributed by atoms with Crippen molar-refractivity contribution in [3.05, 3.63) is 34.3 Å². The van der Waals surface area contributed by atoms with Crippen LogP contribution >= 0.6 is 11.6 Å². The molecule has 2 N–H and O–H groups in total. The number of benzene rings is 1. The molecule has 15 heavy (non-hydrogen) atoms. The minimum Gasteiger partial charge on any atom is -0.478 e. The Morgan fingerprint density at radius 3 is 2.80 bits per heavy atom. The first kappa shape index (κ1) is 11.6. The molecule has 0 aliphatic rings. The molecule has 0 aliphatic heterocycles. The van der Waals surface area contributed by atoms with Gasteiger partial charge in [-0.15, -0.1) is 0 Å². The normalized spacial score (nSPS) is 9.20. The van der Waals surface area contributed by atoms with Crippen LogP contribution in [0.25, 0.3) is 0 Å². The summed E-state index contributed by atoms with van der Waals surface area (Å²) in [6.45, 7) is -0.00756. The zero-order valence-electron chi connectivity index (χ0n) is 7.83. The summed E-state index contributed by atoms with van der Waals surface area (Å²) in [5.74, 6) is 4.36. The molecular weight excluding hydrogens is 216 g/mol. The third-order valence-corrected chi connectivity index (χ3v) is 2.00. The van der Waals surface area contributed by atoms with Gasteiger partial charge >= 0.3 is 5.97 Å². The minimum atomic E-state index is -1.08. The second-order valence-electron chi connectivity index (χ2n) is 2.78. The number of aliphatic hydroxyl groups is 1. The molecule has 0 bridgehead atoms. The van der Waals surface area contributed by atoms with Crippen molar-refractivity contribution >= 4 is 17.6 Å². The number of aliphatic hydroxyl groups excluding tert-OH is 1. The van der Waals surface area contributed by atoms with Crippen molar-refractivity contribution in [2.24, 2.45) is 0 Å². The number of aromatic carboxylic acids is 1. The molecule has 0 atom stereocenters. The number of halogens is 1. The Hall–Kier alpha value is -1.50. The Bertz CT molecular complexity index is 429. The lowest BCUT2D eigenvalue weighted by atomic mass is 10.1. The molecule has 1 rings (SSSR count). The van der Waals surface area contributed by atoms with E-state index in [1.54, 1.807) is 6.07 Å². The van der Waals surface area contributed by atoms with Crippen LogP contribution in [0.15, 0.2) is 18.2 Å². The Morgan fingerprint density at radius 1 is 1.47 bits per heavy atom. The van der Waals surface area contributed by atoms with Gasteiger partial charge in [0.1, 0.15) is 0 Å². The maximum Gasteiger partial charge on any atom is 0.337 e. The third kappa shape index (κ3) is 3.28. The van der Waals surface area contributed by atoms with E-state index in [1.807, 2.05) is 0 Å². The lowest BCUT2D eigenvalue weighted by molar-refractivity contribution is 0.0697. The molecule has 1 aromatic carbocycles. The van der Waals surface area contributed by atoms with Gasteiger partial charge in [0.25, 0.3) is 0 Å². The van der Waals surface area contributed by atoms with Crippen molar-refractivity contribution in [1.29, 1.82) is 0 Å². The van der Waals surface area contributed by atoms with Crippen molar-refractivity contribution < 1.29 is 15.0 Å². The van der Waals surface area contributed by atoms with Crippen LogP contribution in [0.4, 0.5) is 0 Å². The first-order valence-electron chi connectivity index (χ1n) is 4.27. The molecule has 0 amide bonds. The number of hydrogen-bond donors (Lipinski definition) is 2. The first-order valence-corrected chi connectivity index (χ1v) is 4.65. The van der Waals surface area contributed by atoms with E-state index in [9.17, 15) is 4.79 Å². The fourth-order valence-electron chi connectivity index (χ4n) is 0.987. The van der Waals surface area contributed by atoms with Crippen LogP contribution in [0.3, 0.4) is 0 Å². The van der Waals surface area contributed by atoms with Crippen molar-refractivity contribution in [3.63, 3.8) is 0 Å². The number of carbonyl (C=O) groups is 1. The molecule has 0 spiro atoms. The van der Waals surface area contributed by atoms with Gasteiger partial charge < -0.3 is 10.2 Å². The summed E-state index contributed by atoms with van der Waals surface area (Å²) < 4.78 is 0. The molecular formula is C11H9ClO3. The van der Waals surface area contributed by atoms with E-state index in [4.69, 9.17) is 21.8 Å². The van der Waals surface area contributed by atoms with Crippen LogP contribution < -0.4 is 0 Å². The highest BCUT2D eigenvalue weighted by Gasteiger charge is 2.07. The predicted octanol–water partition coefficient (Wildman–Crippen LogP) is 1.77. The van der Waals surface area contributed by atoms with E-state index < -0.39 is 5.97 Å². The first-order chi connectivity index (χ1) is 7.15. The summed E-state index contributed by atoms with van der Waals surface area (Å²) in [6.07, 6.45) is 0.366. The minimum absolute atomic E-state index is 0.00756. The molecule has 0 saturated carbocycles. The molecule has 0 fully saturated rings. The second kappa shape index (κ2) is 5.40. The molecule has 0 unspecified atom stereocenters. The van der Waals surface area contributed by atoms with Gasteiger partial charge in [0.15, 0.2) is 0 Å². The van der Waals surface area contributed by atoms with Gasteiger partial charge in [-0.2, -0.15) is 0 Å². The van der Waals surface area contributed by atoms with Crippen LogP contribution in [-0.4, -0.2) is 22.8 Å². The van der Waals surface area contributed by atoms with Gasteiger partial charge in [-0.3, -0.25) is 0 Å². The van der Waals surface area contributed by atoms with Gasteiger partial charge in [0.05, 0.1) is 17.2 Å². The fraction of sp³-hybridized carbons (Fsp3) is 0.182. The number of hydrogen-bond acceptors (Lipinski definition) is 2. The largest absolute Gasteiger partial charge is 0.478 e. The summed E-state index contributed by atoms with van der Waals surface area (Å²) in [4.78, 5) is 10.7. The van der Waals surface area contributed by atoms with Crippen molar-refractivity contribution in [2.75, 3.05) is 6.61 Å². The van der Waals surface area contributed by atoms with E-state index in [0.29, 0.717) is 12.0 Å². The maximum atomic E-state index is 10.7.